The van der Waals surface area contributed by atoms with Crippen LogP contribution in [0.3, 0.4) is 0 Å². The molecular weight excluding hydrogens is 827 g/mol. The largest absolute Gasteiger partial charge is 0.370 e. The molecular formula is C34H59N15O9S2. The van der Waals surface area contributed by atoms with E-state index in [1.807, 2.05) is 0 Å². The first-order valence-electron chi connectivity index (χ1n) is 19.4. The molecule has 8 atom stereocenters. The highest BCUT2D eigenvalue weighted by Crippen LogP contribution is 2.25. The number of nitrogens with one attached hydrogen (secondary N) is 7. The fourth-order valence-corrected chi connectivity index (χ4v) is 8.17. The Bertz CT molecular complexity index is 1630. The van der Waals surface area contributed by atoms with Crippen LogP contribution in [-0.4, -0.2) is 132 Å². The van der Waals surface area contributed by atoms with E-state index in [0.29, 0.717) is 6.42 Å². The Balaban J connectivity index is 2.35. The van der Waals surface area contributed by atoms with Crippen LogP contribution in [0.1, 0.15) is 71.6 Å². The molecule has 60 heavy (non-hydrogen) atoms. The predicted octanol–water partition coefficient (Wildman–Crippen LogP) is -5.53. The maximum atomic E-state index is 14.0. The molecule has 2 heterocycles. The number of carbonyl (C=O) groups is 9. The molecule has 0 spiro atoms. The summed E-state index contributed by atoms with van der Waals surface area (Å²) in [5.41, 5.74) is 32.5. The highest BCUT2D eigenvalue weighted by Gasteiger charge is 2.36. The third-order valence-corrected chi connectivity index (χ3v) is 11.8. The number of rotatable bonds is 24. The summed E-state index contributed by atoms with van der Waals surface area (Å²) >= 11 is 0. The molecule has 336 valence electrons. The fraction of sp³-hybridized carbons (Fsp3) is 0.676. The first-order chi connectivity index (χ1) is 28.3. The third-order valence-electron chi connectivity index (χ3n) is 9.42. The number of aliphatic imine (C=N–C) groups is 2. The molecule has 2 saturated heterocycles. The van der Waals surface area contributed by atoms with Crippen molar-refractivity contribution in [2.24, 2.45) is 50.3 Å². The minimum absolute atomic E-state index is 0.0197. The van der Waals surface area contributed by atoms with Gasteiger partial charge in [-0.05, 0) is 44.4 Å². The summed E-state index contributed by atoms with van der Waals surface area (Å²) in [5.74, 6) is -6.92. The van der Waals surface area contributed by atoms with Crippen LogP contribution >= 0.6 is 21.6 Å². The number of hydrogen-bond donors (Lipinski definition) is 13. The average Bonchev–Trinajstić information content (AvgIpc) is 3.62. The van der Waals surface area contributed by atoms with Gasteiger partial charge >= 0.3 is 0 Å². The minimum atomic E-state index is -1.46. The van der Waals surface area contributed by atoms with Crippen LogP contribution in [0.15, 0.2) is 9.98 Å². The lowest BCUT2D eigenvalue weighted by atomic mass is 9.97. The second kappa shape index (κ2) is 25.8. The topological polar surface area (TPSA) is 419 Å². The quantitative estimate of drug-likeness (QED) is 0.0186. The summed E-state index contributed by atoms with van der Waals surface area (Å²) < 4.78 is 0. The van der Waals surface area contributed by atoms with Crippen molar-refractivity contribution in [2.75, 3.05) is 24.6 Å². The van der Waals surface area contributed by atoms with E-state index < -0.39 is 95.5 Å². The second-order valence-electron chi connectivity index (χ2n) is 14.2. The zero-order chi connectivity index (χ0) is 44.9. The molecule has 19 N–H and O–H groups in total. The number of carbonyl (C=O) groups excluding carboxylic acids is 9. The van der Waals surface area contributed by atoms with E-state index >= 15 is 0 Å². The van der Waals surface area contributed by atoms with E-state index in [0.717, 1.165) is 0 Å². The van der Waals surface area contributed by atoms with E-state index in [1.165, 1.54) is 21.6 Å². The van der Waals surface area contributed by atoms with Gasteiger partial charge in [-0.3, -0.25) is 53.1 Å². The van der Waals surface area contributed by atoms with Crippen LogP contribution in [0.25, 0.3) is 0 Å². The van der Waals surface area contributed by atoms with E-state index in [2.05, 4.69) is 47.2 Å². The van der Waals surface area contributed by atoms with Crippen LogP contribution in [0.5, 0.6) is 0 Å². The number of amides is 9. The summed E-state index contributed by atoms with van der Waals surface area (Å²) in [5, 5.41) is 18.1. The van der Waals surface area contributed by atoms with E-state index in [4.69, 9.17) is 34.4 Å². The van der Waals surface area contributed by atoms with Gasteiger partial charge in [-0.25, -0.2) is 0 Å². The third kappa shape index (κ3) is 18.2. The Morgan fingerprint density at radius 2 is 1.25 bits per heavy atom. The summed E-state index contributed by atoms with van der Waals surface area (Å²) in [6.45, 7) is 3.62. The van der Waals surface area contributed by atoms with E-state index in [1.54, 1.807) is 13.8 Å². The minimum Gasteiger partial charge on any atom is -0.370 e. The molecule has 2 aliphatic rings. The van der Waals surface area contributed by atoms with Crippen molar-refractivity contribution in [1.82, 2.24) is 37.2 Å². The summed E-state index contributed by atoms with van der Waals surface area (Å²) in [7, 11) is 2.54. The SMILES string of the molecule is CC[C@H](C)[C@H](NC(=O)[C@H](CCC(N)=O)NC(=O)[C@H](CCCN=C(N)N)NC(=O)[C@H](CCCN=C(N)N)NC(=O)[C@@H]1CCC(=O)N1)C(=O)N[C@H]1CSSC[C@@H](C(N)=O)NC1=O. The standard InChI is InChI=1S/C34H59N15O9S2/c1-3-16(2)25(32(58)48-22-15-60-59-14-21(26(36)52)47-31(22)57)49-30(56)20(8-10-23(35)50)46-28(54)18(7-5-13-42-34(39)40)44-27(53)17(6-4-12-41-33(37)38)45-29(55)19-9-11-24(51)43-19/h16-22,25H,3-15H2,1-2H3,(H2,35,50)(H2,36,52)(H,43,51)(H,44,53)(H,45,55)(H,46,54)(H,47,57)(H,48,58)(H,49,56)(H4,37,38,41)(H4,39,40,42)/t16-,17-,18-,19-,20-,21-,22-,25-/m0/s1. The van der Waals surface area contributed by atoms with Gasteiger partial charge in [0, 0.05) is 37.4 Å². The monoisotopic (exact) mass is 885 g/mol. The second-order valence-corrected chi connectivity index (χ2v) is 16.8. The number of primary amides is 2. The Morgan fingerprint density at radius 3 is 1.75 bits per heavy atom. The summed E-state index contributed by atoms with van der Waals surface area (Å²) in [4.78, 5) is 125. The van der Waals surface area contributed by atoms with Crippen molar-refractivity contribution in [3.63, 3.8) is 0 Å². The summed E-state index contributed by atoms with van der Waals surface area (Å²) in [6.07, 6.45) is 0.398. The molecule has 24 nitrogen and oxygen atoms in total. The van der Waals surface area contributed by atoms with E-state index in [9.17, 15) is 43.2 Å². The first kappa shape index (κ1) is 50.6. The molecule has 0 unspecified atom stereocenters. The normalized spacial score (nSPS) is 20.1. The van der Waals surface area contributed by atoms with Gasteiger partial charge in [0.15, 0.2) is 11.9 Å². The average molecular weight is 886 g/mol. The van der Waals surface area contributed by atoms with Gasteiger partial charge in [-0.15, -0.1) is 0 Å². The maximum Gasteiger partial charge on any atom is 0.244 e. The molecule has 9 amide bonds. The van der Waals surface area contributed by atoms with Crippen LogP contribution in [0, 0.1) is 5.92 Å². The number of hydrogen-bond acceptors (Lipinski definition) is 13. The van der Waals surface area contributed by atoms with Gasteiger partial charge in [0.2, 0.25) is 53.2 Å². The molecule has 2 aliphatic heterocycles. The molecule has 0 aromatic carbocycles. The van der Waals surface area contributed by atoms with Crippen molar-refractivity contribution < 1.29 is 43.2 Å². The van der Waals surface area contributed by atoms with Crippen molar-refractivity contribution >= 4 is 86.7 Å². The Hall–Kier alpha value is -5.53. The van der Waals surface area contributed by atoms with Crippen molar-refractivity contribution in [3.8, 4) is 0 Å². The van der Waals surface area contributed by atoms with Gasteiger partial charge in [0.25, 0.3) is 0 Å². The number of guanidine groups is 2. The fourth-order valence-electron chi connectivity index (χ4n) is 5.83. The molecule has 0 aromatic heterocycles. The number of nitrogens with zero attached hydrogens (tertiary/aromatic N) is 2. The molecule has 2 rings (SSSR count). The molecule has 0 bridgehead atoms. The zero-order valence-electron chi connectivity index (χ0n) is 33.7. The van der Waals surface area contributed by atoms with Crippen LogP contribution in [-0.2, 0) is 43.2 Å². The van der Waals surface area contributed by atoms with Crippen molar-refractivity contribution in [1.29, 1.82) is 0 Å². The lowest BCUT2D eigenvalue weighted by Gasteiger charge is -2.30. The summed E-state index contributed by atoms with van der Waals surface area (Å²) in [6, 6.07) is -8.21. The Kier molecular flexibility index (Phi) is 21.8. The first-order valence-corrected chi connectivity index (χ1v) is 21.9. The lowest BCUT2D eigenvalue weighted by Crippen LogP contribution is -2.61. The Labute approximate surface area is 355 Å². The van der Waals surface area contributed by atoms with Crippen LogP contribution in [0.2, 0.25) is 0 Å². The van der Waals surface area contributed by atoms with E-state index in [-0.39, 0.29) is 93.8 Å². The molecule has 0 aliphatic carbocycles. The molecule has 0 aromatic rings. The van der Waals surface area contributed by atoms with Gasteiger partial charge in [-0.2, -0.15) is 0 Å². The van der Waals surface area contributed by atoms with Crippen molar-refractivity contribution in [2.45, 2.75) is 114 Å². The molecule has 26 heteroatoms. The van der Waals surface area contributed by atoms with Gasteiger partial charge in [-0.1, -0.05) is 41.9 Å². The van der Waals surface area contributed by atoms with Crippen LogP contribution < -0.4 is 71.6 Å². The smallest absolute Gasteiger partial charge is 0.244 e. The molecule has 0 radical (unpaired) electrons. The van der Waals surface area contributed by atoms with Crippen molar-refractivity contribution in [3.05, 3.63) is 0 Å². The molecule has 2 fully saturated rings. The predicted molar refractivity (Wildman–Crippen MR) is 225 cm³/mol. The highest BCUT2D eigenvalue weighted by atomic mass is 33.1. The van der Waals surface area contributed by atoms with Gasteiger partial charge < -0.3 is 71.6 Å². The Morgan fingerprint density at radius 1 is 0.717 bits per heavy atom. The zero-order valence-corrected chi connectivity index (χ0v) is 35.3. The number of nitrogens with two attached hydrogens (primary N) is 6. The maximum absolute atomic E-state index is 14.0. The van der Waals surface area contributed by atoms with Crippen LogP contribution in [0.4, 0.5) is 0 Å². The van der Waals surface area contributed by atoms with Gasteiger partial charge in [0.05, 0.1) is 0 Å². The lowest BCUT2D eigenvalue weighted by molar-refractivity contribution is -0.136. The van der Waals surface area contributed by atoms with Gasteiger partial charge in [0.1, 0.15) is 42.3 Å². The highest BCUT2D eigenvalue weighted by molar-refractivity contribution is 8.76. The molecule has 0 saturated carbocycles.